The molecule has 1 heterocycles. The minimum Gasteiger partial charge on any atom is -0.394 e. The van der Waals surface area contributed by atoms with Crippen molar-refractivity contribution in [2.24, 2.45) is 5.73 Å². The van der Waals surface area contributed by atoms with Crippen LogP contribution in [0, 0.1) is 0 Å². The summed E-state index contributed by atoms with van der Waals surface area (Å²) in [6.45, 7) is -0.0886. The Hall–Kier alpha value is -0.240. The maximum atomic E-state index is 9.48. The molecule has 1 aliphatic rings. The van der Waals surface area contributed by atoms with E-state index in [9.17, 15) is 15.3 Å². The van der Waals surface area contributed by atoms with Crippen LogP contribution in [0.5, 0.6) is 0 Å². The molecule has 1 aliphatic heterocycles. The monoisotopic (exact) mass is 207 g/mol. The van der Waals surface area contributed by atoms with E-state index in [0.29, 0.717) is 13.0 Å². The average Bonchev–Trinajstić information content (AvgIpc) is 2.19. The molecule has 0 radical (unpaired) electrons. The van der Waals surface area contributed by atoms with Crippen LogP contribution >= 0.6 is 0 Å². The molecule has 6 N–H and O–H groups in total. The van der Waals surface area contributed by atoms with Crippen molar-refractivity contribution in [2.75, 3.05) is 13.2 Å². The van der Waals surface area contributed by atoms with Gasteiger partial charge in [0.05, 0.1) is 12.7 Å². The smallest absolute Gasteiger partial charge is 0.111 e. The molecule has 14 heavy (non-hydrogen) atoms. The third-order valence-electron chi connectivity index (χ3n) is 2.44. The molecule has 0 amide bonds. The van der Waals surface area contributed by atoms with Gasteiger partial charge < -0.3 is 30.9 Å². The van der Waals surface area contributed by atoms with Crippen LogP contribution in [0.3, 0.4) is 0 Å². The maximum Gasteiger partial charge on any atom is 0.111 e. The highest BCUT2D eigenvalue weighted by molar-refractivity contribution is 4.91. The van der Waals surface area contributed by atoms with E-state index in [1.165, 1.54) is 0 Å². The molecule has 1 fully saturated rings. The molecule has 0 unspecified atom stereocenters. The van der Waals surface area contributed by atoms with Crippen LogP contribution in [0.4, 0.5) is 0 Å². The molecule has 0 saturated carbocycles. The summed E-state index contributed by atoms with van der Waals surface area (Å²) in [5, 5.41) is 37.1. The molecule has 1 saturated heterocycles. The second-order valence-corrected chi connectivity index (χ2v) is 3.44. The first kappa shape index (κ1) is 11.8. The number of ether oxygens (including phenoxy) is 1. The van der Waals surface area contributed by atoms with Gasteiger partial charge in [-0.05, 0) is 13.0 Å². The molecule has 0 bridgehead atoms. The largest absolute Gasteiger partial charge is 0.394 e. The topological polar surface area (TPSA) is 116 Å². The predicted molar refractivity (Wildman–Crippen MR) is 47.4 cm³/mol. The zero-order valence-electron chi connectivity index (χ0n) is 7.78. The molecule has 5 atom stereocenters. The molecule has 0 aliphatic carbocycles. The molecule has 84 valence electrons. The van der Waals surface area contributed by atoms with Crippen molar-refractivity contribution in [3.05, 3.63) is 0 Å². The first-order valence-electron chi connectivity index (χ1n) is 4.62. The van der Waals surface area contributed by atoms with E-state index in [-0.39, 0.29) is 0 Å². The van der Waals surface area contributed by atoms with Crippen LogP contribution in [-0.4, -0.2) is 64.1 Å². The van der Waals surface area contributed by atoms with E-state index in [0.717, 1.165) is 0 Å². The van der Waals surface area contributed by atoms with Crippen LogP contribution < -0.4 is 5.73 Å². The molecule has 0 spiro atoms. The summed E-state index contributed by atoms with van der Waals surface area (Å²) in [5.74, 6) is 0. The summed E-state index contributed by atoms with van der Waals surface area (Å²) in [6, 6.07) is 0. The average molecular weight is 207 g/mol. The zero-order chi connectivity index (χ0) is 10.7. The van der Waals surface area contributed by atoms with Gasteiger partial charge in [-0.1, -0.05) is 0 Å². The van der Waals surface area contributed by atoms with Gasteiger partial charge in [-0.25, -0.2) is 0 Å². The highest BCUT2D eigenvalue weighted by Gasteiger charge is 2.42. The number of hydrogen-bond acceptors (Lipinski definition) is 6. The van der Waals surface area contributed by atoms with Crippen molar-refractivity contribution in [1.29, 1.82) is 0 Å². The van der Waals surface area contributed by atoms with E-state index >= 15 is 0 Å². The van der Waals surface area contributed by atoms with Gasteiger partial charge in [-0.15, -0.1) is 0 Å². The third kappa shape index (κ3) is 2.22. The molecule has 6 heteroatoms. The normalized spacial score (nSPS) is 43.9. The lowest BCUT2D eigenvalue weighted by Gasteiger charge is -2.40. The van der Waals surface area contributed by atoms with Gasteiger partial charge in [0.25, 0.3) is 0 Å². The standard InChI is InChI=1S/C8H17NO5/c9-2-1-4-6(11)8(13)7(12)5(3-10)14-4/h4-8,10-13H,1-3,9H2/t4-,5+,6-,7+,8+/m1/s1. The highest BCUT2D eigenvalue weighted by Crippen LogP contribution is 2.22. The second-order valence-electron chi connectivity index (χ2n) is 3.44. The number of rotatable bonds is 3. The molecule has 1 rings (SSSR count). The van der Waals surface area contributed by atoms with Crippen LogP contribution in [0.1, 0.15) is 6.42 Å². The third-order valence-corrected chi connectivity index (χ3v) is 2.44. The Balaban J connectivity index is 2.63. The lowest BCUT2D eigenvalue weighted by molar-refractivity contribution is -0.229. The zero-order valence-corrected chi connectivity index (χ0v) is 7.78. The van der Waals surface area contributed by atoms with Crippen LogP contribution in [0.25, 0.3) is 0 Å². The molecule has 0 aromatic rings. The fourth-order valence-corrected chi connectivity index (χ4v) is 1.58. The quantitative estimate of drug-likeness (QED) is 0.341. The molecule has 6 nitrogen and oxygen atoms in total. The van der Waals surface area contributed by atoms with Gasteiger partial charge in [0.2, 0.25) is 0 Å². The summed E-state index contributed by atoms with van der Waals surface area (Å²) in [7, 11) is 0. The Bertz CT molecular complexity index is 175. The van der Waals surface area contributed by atoms with Gasteiger partial charge in [0.15, 0.2) is 0 Å². The predicted octanol–water partition coefficient (Wildman–Crippen LogP) is -2.82. The van der Waals surface area contributed by atoms with Gasteiger partial charge in [-0.2, -0.15) is 0 Å². The Labute approximate surface area is 81.9 Å². The Morgan fingerprint density at radius 3 is 2.07 bits per heavy atom. The fourth-order valence-electron chi connectivity index (χ4n) is 1.58. The minimum atomic E-state index is -1.29. The second kappa shape index (κ2) is 5.01. The minimum absolute atomic E-state index is 0.308. The number of nitrogens with two attached hydrogens (primary N) is 1. The van der Waals surface area contributed by atoms with Crippen molar-refractivity contribution in [3.8, 4) is 0 Å². The van der Waals surface area contributed by atoms with E-state index in [1.807, 2.05) is 0 Å². The number of hydrogen-bond donors (Lipinski definition) is 5. The lowest BCUT2D eigenvalue weighted by Crippen LogP contribution is -2.58. The van der Waals surface area contributed by atoms with Crippen LogP contribution in [-0.2, 0) is 4.74 Å². The molecule has 0 aromatic carbocycles. The first-order valence-corrected chi connectivity index (χ1v) is 4.62. The maximum absolute atomic E-state index is 9.48. The highest BCUT2D eigenvalue weighted by atomic mass is 16.5. The Morgan fingerprint density at radius 2 is 1.57 bits per heavy atom. The van der Waals surface area contributed by atoms with E-state index in [2.05, 4.69) is 0 Å². The number of aliphatic hydroxyl groups excluding tert-OH is 4. The van der Waals surface area contributed by atoms with E-state index in [4.69, 9.17) is 15.6 Å². The Kier molecular flexibility index (Phi) is 4.24. The SMILES string of the molecule is NCC[C@H]1O[C@@H](CO)[C@H](O)[C@@H](O)[C@@H]1O. The first-order chi connectivity index (χ1) is 6.61. The molecular weight excluding hydrogens is 190 g/mol. The van der Waals surface area contributed by atoms with Crippen molar-refractivity contribution < 1.29 is 25.2 Å². The lowest BCUT2D eigenvalue weighted by atomic mass is 9.94. The summed E-state index contributed by atoms with van der Waals surface area (Å²) >= 11 is 0. The van der Waals surface area contributed by atoms with E-state index < -0.39 is 37.1 Å². The summed E-state index contributed by atoms with van der Waals surface area (Å²) < 4.78 is 5.18. The van der Waals surface area contributed by atoms with Gasteiger partial charge in [-0.3, -0.25) is 0 Å². The van der Waals surface area contributed by atoms with E-state index in [1.54, 1.807) is 0 Å². The Morgan fingerprint density at radius 1 is 1.00 bits per heavy atom. The van der Waals surface area contributed by atoms with Crippen molar-refractivity contribution >= 4 is 0 Å². The van der Waals surface area contributed by atoms with Gasteiger partial charge in [0.1, 0.15) is 24.4 Å². The van der Waals surface area contributed by atoms with Crippen molar-refractivity contribution in [2.45, 2.75) is 36.9 Å². The molecule has 0 aromatic heterocycles. The van der Waals surface area contributed by atoms with Gasteiger partial charge >= 0.3 is 0 Å². The summed E-state index contributed by atoms with van der Waals surface area (Å²) in [4.78, 5) is 0. The summed E-state index contributed by atoms with van der Waals surface area (Å²) in [5.41, 5.74) is 5.29. The fraction of sp³-hybridized carbons (Fsp3) is 1.00. The van der Waals surface area contributed by atoms with Crippen LogP contribution in [0.2, 0.25) is 0 Å². The molecular formula is C8H17NO5. The van der Waals surface area contributed by atoms with Crippen molar-refractivity contribution in [1.82, 2.24) is 0 Å². The van der Waals surface area contributed by atoms with Gasteiger partial charge in [0, 0.05) is 0 Å². The van der Waals surface area contributed by atoms with Crippen molar-refractivity contribution in [3.63, 3.8) is 0 Å². The number of aliphatic hydroxyl groups is 4. The summed E-state index contributed by atoms with van der Waals surface area (Å²) in [6.07, 6.45) is -4.82. The van der Waals surface area contributed by atoms with Crippen LogP contribution in [0.15, 0.2) is 0 Å².